The molecule has 3 N–H and O–H groups in total. The molecule has 90 valence electrons. The Morgan fingerprint density at radius 3 is 2.75 bits per heavy atom. The second-order valence-electron chi connectivity index (χ2n) is 3.72. The Kier molecular flexibility index (Phi) is 5.43. The Morgan fingerprint density at radius 1 is 1.38 bits per heavy atom. The fourth-order valence-corrected chi connectivity index (χ4v) is 1.62. The summed E-state index contributed by atoms with van der Waals surface area (Å²) in [5.41, 5.74) is 7.39. The van der Waals surface area contributed by atoms with Crippen LogP contribution in [0.2, 0.25) is 5.02 Å². The quantitative estimate of drug-likeness (QED) is 0.755. The number of nitrogens with two attached hydrogens (primary N) is 1. The van der Waals surface area contributed by atoms with Crippen LogP contribution in [0.4, 0.5) is 5.69 Å². The van der Waals surface area contributed by atoms with E-state index in [1.165, 1.54) is 0 Å². The van der Waals surface area contributed by atoms with E-state index in [0.717, 1.165) is 48.0 Å². The van der Waals surface area contributed by atoms with Crippen molar-refractivity contribution < 1.29 is 4.74 Å². The van der Waals surface area contributed by atoms with Crippen molar-refractivity contribution in [3.63, 3.8) is 0 Å². The summed E-state index contributed by atoms with van der Waals surface area (Å²) in [7, 11) is 1.66. The molecule has 1 aromatic carbocycles. The molecule has 4 heteroatoms. The monoisotopic (exact) mass is 242 g/mol. The highest BCUT2D eigenvalue weighted by Crippen LogP contribution is 2.30. The minimum Gasteiger partial charge on any atom is -0.495 e. The van der Waals surface area contributed by atoms with E-state index in [2.05, 4.69) is 5.32 Å². The van der Waals surface area contributed by atoms with Gasteiger partial charge in [0.25, 0.3) is 0 Å². The van der Waals surface area contributed by atoms with Gasteiger partial charge in [0, 0.05) is 11.6 Å². The van der Waals surface area contributed by atoms with Gasteiger partial charge < -0.3 is 15.8 Å². The third kappa shape index (κ3) is 3.58. The first kappa shape index (κ1) is 13.1. The Hall–Kier alpha value is -0.930. The largest absolute Gasteiger partial charge is 0.495 e. The average molecular weight is 243 g/mol. The van der Waals surface area contributed by atoms with Crippen LogP contribution in [0, 0.1) is 6.92 Å². The topological polar surface area (TPSA) is 47.3 Å². The van der Waals surface area contributed by atoms with Crippen LogP contribution >= 0.6 is 11.6 Å². The zero-order valence-electron chi connectivity index (χ0n) is 9.85. The van der Waals surface area contributed by atoms with Crippen LogP contribution in [0.5, 0.6) is 5.75 Å². The molecule has 0 aliphatic carbocycles. The molecule has 0 radical (unpaired) electrons. The molecule has 1 rings (SSSR count). The van der Waals surface area contributed by atoms with E-state index >= 15 is 0 Å². The van der Waals surface area contributed by atoms with Gasteiger partial charge in [0.05, 0.1) is 12.8 Å². The summed E-state index contributed by atoms with van der Waals surface area (Å²) in [6, 6.07) is 3.84. The molecule has 0 spiro atoms. The highest BCUT2D eigenvalue weighted by atomic mass is 35.5. The summed E-state index contributed by atoms with van der Waals surface area (Å²) in [6.07, 6.45) is 2.07. The van der Waals surface area contributed by atoms with Gasteiger partial charge in [-0.05, 0) is 44.0 Å². The van der Waals surface area contributed by atoms with Crippen molar-refractivity contribution in [1.29, 1.82) is 0 Å². The normalized spacial score (nSPS) is 10.2. The van der Waals surface area contributed by atoms with Crippen molar-refractivity contribution >= 4 is 17.3 Å². The number of benzene rings is 1. The molecule has 0 aromatic heterocycles. The predicted molar refractivity (Wildman–Crippen MR) is 69.5 cm³/mol. The van der Waals surface area contributed by atoms with Crippen molar-refractivity contribution in [2.75, 3.05) is 25.5 Å². The molecule has 16 heavy (non-hydrogen) atoms. The summed E-state index contributed by atoms with van der Waals surface area (Å²) in [5, 5.41) is 4.05. The molecule has 0 saturated carbocycles. The van der Waals surface area contributed by atoms with Crippen LogP contribution < -0.4 is 15.8 Å². The minimum absolute atomic E-state index is 0.730. The van der Waals surface area contributed by atoms with Crippen LogP contribution in [-0.2, 0) is 0 Å². The second kappa shape index (κ2) is 6.61. The van der Waals surface area contributed by atoms with Crippen molar-refractivity contribution in [3.8, 4) is 5.75 Å². The lowest BCUT2D eigenvalue weighted by Crippen LogP contribution is -2.06. The van der Waals surface area contributed by atoms with Crippen LogP contribution in [0.15, 0.2) is 12.1 Å². The molecule has 0 aliphatic heterocycles. The van der Waals surface area contributed by atoms with E-state index in [0.29, 0.717) is 0 Å². The van der Waals surface area contributed by atoms with Gasteiger partial charge in [-0.25, -0.2) is 0 Å². The van der Waals surface area contributed by atoms with Gasteiger partial charge in [-0.15, -0.1) is 0 Å². The van der Waals surface area contributed by atoms with E-state index in [9.17, 15) is 0 Å². The summed E-state index contributed by atoms with van der Waals surface area (Å²) in [5.74, 6) is 0.828. The first-order valence-corrected chi connectivity index (χ1v) is 5.85. The fraction of sp³-hybridized carbons (Fsp3) is 0.500. The lowest BCUT2D eigenvalue weighted by Gasteiger charge is -2.12. The van der Waals surface area contributed by atoms with Crippen molar-refractivity contribution in [2.24, 2.45) is 5.73 Å². The van der Waals surface area contributed by atoms with E-state index in [4.69, 9.17) is 22.1 Å². The number of rotatable bonds is 6. The maximum atomic E-state index is 6.07. The molecule has 0 heterocycles. The van der Waals surface area contributed by atoms with E-state index in [1.54, 1.807) is 7.11 Å². The van der Waals surface area contributed by atoms with Gasteiger partial charge >= 0.3 is 0 Å². The lowest BCUT2D eigenvalue weighted by atomic mass is 10.2. The van der Waals surface area contributed by atoms with Gasteiger partial charge in [-0.3, -0.25) is 0 Å². The number of unbranched alkanes of at least 4 members (excludes halogenated alkanes) is 1. The van der Waals surface area contributed by atoms with Gasteiger partial charge in [0.2, 0.25) is 0 Å². The summed E-state index contributed by atoms with van der Waals surface area (Å²) in [6.45, 7) is 3.57. The first-order valence-electron chi connectivity index (χ1n) is 5.47. The zero-order valence-corrected chi connectivity index (χ0v) is 10.6. The summed E-state index contributed by atoms with van der Waals surface area (Å²) >= 11 is 6.07. The van der Waals surface area contributed by atoms with Crippen LogP contribution in [0.1, 0.15) is 18.4 Å². The van der Waals surface area contributed by atoms with Crippen molar-refractivity contribution in [2.45, 2.75) is 19.8 Å². The second-order valence-corrected chi connectivity index (χ2v) is 4.13. The molecule has 0 bridgehead atoms. The molecule has 0 aliphatic rings. The molecule has 3 nitrogen and oxygen atoms in total. The Balaban J connectivity index is 2.66. The smallest absolute Gasteiger partial charge is 0.142 e. The molecular weight excluding hydrogens is 224 g/mol. The lowest BCUT2D eigenvalue weighted by molar-refractivity contribution is 0.416. The predicted octanol–water partition coefficient (Wildman–Crippen LogP) is 2.81. The van der Waals surface area contributed by atoms with Crippen molar-refractivity contribution in [1.82, 2.24) is 0 Å². The fourth-order valence-electron chi connectivity index (χ4n) is 1.45. The number of ether oxygens (including phenoxy) is 1. The van der Waals surface area contributed by atoms with Crippen LogP contribution in [0.25, 0.3) is 0 Å². The van der Waals surface area contributed by atoms with Gasteiger partial charge in [0.15, 0.2) is 0 Å². The summed E-state index contributed by atoms with van der Waals surface area (Å²) < 4.78 is 5.29. The Bertz CT molecular complexity index is 342. The van der Waals surface area contributed by atoms with Crippen LogP contribution in [-0.4, -0.2) is 20.2 Å². The van der Waals surface area contributed by atoms with E-state index in [-0.39, 0.29) is 0 Å². The maximum Gasteiger partial charge on any atom is 0.142 e. The maximum absolute atomic E-state index is 6.07. The number of hydrogen-bond donors (Lipinski definition) is 2. The number of anilines is 1. The third-order valence-electron chi connectivity index (χ3n) is 2.43. The molecule has 0 fully saturated rings. The number of aryl methyl sites for hydroxylation is 1. The number of methoxy groups -OCH3 is 1. The first-order chi connectivity index (χ1) is 7.69. The standard InChI is InChI=1S/C12H19ClN2O/c1-9-7-12(16-2)11(8-10(9)13)15-6-4-3-5-14/h7-8,15H,3-6,14H2,1-2H3. The number of hydrogen-bond acceptors (Lipinski definition) is 3. The Labute approximate surface area is 102 Å². The molecule has 1 aromatic rings. The molecule has 0 amide bonds. The number of halogens is 1. The minimum atomic E-state index is 0.730. The average Bonchev–Trinajstić information content (AvgIpc) is 2.28. The zero-order chi connectivity index (χ0) is 12.0. The Morgan fingerprint density at radius 2 is 2.12 bits per heavy atom. The van der Waals surface area contributed by atoms with Crippen LogP contribution in [0.3, 0.4) is 0 Å². The van der Waals surface area contributed by atoms with Gasteiger partial charge in [-0.2, -0.15) is 0 Å². The third-order valence-corrected chi connectivity index (χ3v) is 2.83. The summed E-state index contributed by atoms with van der Waals surface area (Å²) in [4.78, 5) is 0. The molecule has 0 atom stereocenters. The van der Waals surface area contributed by atoms with Gasteiger partial charge in [-0.1, -0.05) is 11.6 Å². The van der Waals surface area contributed by atoms with E-state index in [1.807, 2.05) is 19.1 Å². The highest BCUT2D eigenvalue weighted by molar-refractivity contribution is 6.31. The molecule has 0 saturated heterocycles. The highest BCUT2D eigenvalue weighted by Gasteiger charge is 2.05. The van der Waals surface area contributed by atoms with E-state index < -0.39 is 0 Å². The molecule has 0 unspecified atom stereocenters. The van der Waals surface area contributed by atoms with Gasteiger partial charge in [0.1, 0.15) is 5.75 Å². The van der Waals surface area contributed by atoms with Crippen molar-refractivity contribution in [3.05, 3.63) is 22.7 Å². The number of nitrogens with one attached hydrogen (secondary N) is 1. The molecular formula is C12H19ClN2O. The SMILES string of the molecule is COc1cc(C)c(Cl)cc1NCCCCN.